The normalized spacial score (nSPS) is 15.8. The monoisotopic (exact) mass is 355 g/mol. The minimum atomic E-state index is -3.70. The Bertz CT molecular complexity index is 687. The van der Waals surface area contributed by atoms with Gasteiger partial charge in [-0.15, -0.1) is 0 Å². The van der Waals surface area contributed by atoms with E-state index >= 15 is 0 Å². The first-order valence-corrected chi connectivity index (χ1v) is 9.57. The van der Waals surface area contributed by atoms with Crippen molar-refractivity contribution in [3.05, 3.63) is 23.8 Å². The van der Waals surface area contributed by atoms with Gasteiger partial charge in [-0.3, -0.25) is 4.79 Å². The molecule has 1 fully saturated rings. The molecule has 7 nitrogen and oxygen atoms in total. The van der Waals surface area contributed by atoms with Gasteiger partial charge in [0.25, 0.3) is 5.91 Å². The van der Waals surface area contributed by atoms with E-state index < -0.39 is 10.0 Å². The van der Waals surface area contributed by atoms with Crippen LogP contribution in [-0.4, -0.2) is 46.6 Å². The van der Waals surface area contributed by atoms with Crippen molar-refractivity contribution in [1.82, 2.24) is 15.4 Å². The molecule has 0 bridgehead atoms. The number of ether oxygens (including phenoxy) is 1. The summed E-state index contributed by atoms with van der Waals surface area (Å²) < 4.78 is 32.7. The van der Waals surface area contributed by atoms with Crippen LogP contribution < -0.4 is 20.1 Å². The fourth-order valence-electron chi connectivity index (χ4n) is 2.28. The summed E-state index contributed by atoms with van der Waals surface area (Å²) in [5, 5.41) is 5.99. The van der Waals surface area contributed by atoms with E-state index in [1.165, 1.54) is 19.2 Å². The average molecular weight is 355 g/mol. The second-order valence-electron chi connectivity index (χ2n) is 5.93. The summed E-state index contributed by atoms with van der Waals surface area (Å²) in [7, 11) is -2.30. The van der Waals surface area contributed by atoms with Gasteiger partial charge < -0.3 is 15.4 Å². The van der Waals surface area contributed by atoms with Gasteiger partial charge in [0.2, 0.25) is 10.0 Å². The maximum Gasteiger partial charge on any atom is 0.251 e. The molecule has 0 heterocycles. The molecular formula is C16H25N3O4S. The SMILES string of the molecule is CCN[C@H](C)CNC(=O)c1ccc(OC)c(S(=O)(=O)NC2CC2)c1. The van der Waals surface area contributed by atoms with Crippen LogP contribution in [-0.2, 0) is 10.0 Å². The Morgan fingerprint density at radius 1 is 1.38 bits per heavy atom. The van der Waals surface area contributed by atoms with Gasteiger partial charge in [-0.25, -0.2) is 13.1 Å². The molecule has 1 amide bonds. The summed E-state index contributed by atoms with van der Waals surface area (Å²) in [6.07, 6.45) is 1.67. The van der Waals surface area contributed by atoms with Gasteiger partial charge in [-0.05, 0) is 44.5 Å². The Balaban J connectivity index is 2.16. The van der Waals surface area contributed by atoms with Crippen LogP contribution in [0.15, 0.2) is 23.1 Å². The molecule has 134 valence electrons. The summed E-state index contributed by atoms with van der Waals surface area (Å²) >= 11 is 0. The van der Waals surface area contributed by atoms with E-state index in [4.69, 9.17) is 4.74 Å². The lowest BCUT2D eigenvalue weighted by Gasteiger charge is -2.15. The fourth-order valence-corrected chi connectivity index (χ4v) is 3.78. The first-order valence-electron chi connectivity index (χ1n) is 8.09. The molecule has 3 N–H and O–H groups in total. The standard InChI is InChI=1S/C16H25N3O4S/c1-4-17-11(2)10-18-16(20)12-5-8-14(23-3)15(9-12)24(21,22)19-13-6-7-13/h5,8-9,11,13,17,19H,4,6-7,10H2,1-3H3,(H,18,20)/t11-/m1/s1. The van der Waals surface area contributed by atoms with Crippen molar-refractivity contribution in [3.63, 3.8) is 0 Å². The van der Waals surface area contributed by atoms with Crippen molar-refractivity contribution in [2.24, 2.45) is 0 Å². The van der Waals surface area contributed by atoms with Gasteiger partial charge in [-0.1, -0.05) is 6.92 Å². The lowest BCUT2D eigenvalue weighted by molar-refractivity contribution is 0.0950. The number of hydrogen-bond acceptors (Lipinski definition) is 5. The summed E-state index contributed by atoms with van der Waals surface area (Å²) in [6.45, 7) is 5.23. The highest BCUT2D eigenvalue weighted by molar-refractivity contribution is 7.89. The van der Waals surface area contributed by atoms with Crippen molar-refractivity contribution >= 4 is 15.9 Å². The van der Waals surface area contributed by atoms with E-state index in [1.54, 1.807) is 6.07 Å². The zero-order chi connectivity index (χ0) is 17.7. The number of amides is 1. The molecule has 0 unspecified atom stereocenters. The maximum absolute atomic E-state index is 12.5. The molecule has 1 aromatic carbocycles. The molecule has 2 rings (SSSR count). The number of methoxy groups -OCH3 is 1. The van der Waals surface area contributed by atoms with Crippen LogP contribution in [0.5, 0.6) is 5.75 Å². The van der Waals surface area contributed by atoms with E-state index in [-0.39, 0.29) is 34.2 Å². The Kier molecular flexibility index (Phi) is 6.20. The van der Waals surface area contributed by atoms with Crippen LogP contribution in [0.2, 0.25) is 0 Å². The Morgan fingerprint density at radius 3 is 2.67 bits per heavy atom. The number of likely N-dealkylation sites (N-methyl/N-ethyl adjacent to an activating group) is 1. The Hall–Kier alpha value is -1.64. The van der Waals surface area contributed by atoms with Crippen molar-refractivity contribution in [3.8, 4) is 5.75 Å². The number of sulfonamides is 1. The van der Waals surface area contributed by atoms with Crippen molar-refractivity contribution < 1.29 is 17.9 Å². The van der Waals surface area contributed by atoms with Gasteiger partial charge in [0.05, 0.1) is 7.11 Å². The van der Waals surface area contributed by atoms with Gasteiger partial charge in [0.1, 0.15) is 10.6 Å². The summed E-state index contributed by atoms with van der Waals surface area (Å²) in [6, 6.07) is 4.54. The van der Waals surface area contributed by atoms with E-state index in [0.29, 0.717) is 6.54 Å². The minimum absolute atomic E-state index is 0.00992. The average Bonchev–Trinajstić information content (AvgIpc) is 3.35. The number of carbonyl (C=O) groups is 1. The zero-order valence-electron chi connectivity index (χ0n) is 14.3. The van der Waals surface area contributed by atoms with E-state index in [1.807, 2.05) is 13.8 Å². The lowest BCUT2D eigenvalue weighted by Crippen LogP contribution is -2.38. The zero-order valence-corrected chi connectivity index (χ0v) is 15.1. The molecule has 0 saturated heterocycles. The number of rotatable bonds is 9. The second-order valence-corrected chi connectivity index (χ2v) is 7.61. The van der Waals surface area contributed by atoms with Crippen molar-refractivity contribution in [1.29, 1.82) is 0 Å². The largest absolute Gasteiger partial charge is 0.495 e. The smallest absolute Gasteiger partial charge is 0.251 e. The predicted molar refractivity (Wildman–Crippen MR) is 91.8 cm³/mol. The molecule has 0 aromatic heterocycles. The quantitative estimate of drug-likeness (QED) is 0.611. The summed E-state index contributed by atoms with van der Waals surface area (Å²) in [5.41, 5.74) is 0.288. The third-order valence-electron chi connectivity index (χ3n) is 3.74. The number of benzene rings is 1. The molecule has 0 aliphatic heterocycles. The van der Waals surface area contributed by atoms with Crippen LogP contribution in [0, 0.1) is 0 Å². The highest BCUT2D eigenvalue weighted by atomic mass is 32.2. The molecule has 24 heavy (non-hydrogen) atoms. The van der Waals surface area contributed by atoms with Crippen LogP contribution in [0.25, 0.3) is 0 Å². The van der Waals surface area contributed by atoms with E-state index in [9.17, 15) is 13.2 Å². The fraction of sp³-hybridized carbons (Fsp3) is 0.562. The van der Waals surface area contributed by atoms with Crippen molar-refractivity contribution in [2.75, 3.05) is 20.2 Å². The van der Waals surface area contributed by atoms with Crippen LogP contribution in [0.3, 0.4) is 0 Å². The number of carbonyl (C=O) groups excluding carboxylic acids is 1. The summed E-state index contributed by atoms with van der Waals surface area (Å²) in [5.74, 6) is -0.0917. The molecule has 1 aliphatic carbocycles. The molecule has 1 aromatic rings. The van der Waals surface area contributed by atoms with Gasteiger partial charge in [0, 0.05) is 24.2 Å². The molecule has 0 radical (unpaired) electrons. The highest BCUT2D eigenvalue weighted by Gasteiger charge is 2.30. The second kappa shape index (κ2) is 7.96. The molecule has 8 heteroatoms. The molecular weight excluding hydrogens is 330 g/mol. The molecule has 1 atom stereocenters. The maximum atomic E-state index is 12.5. The van der Waals surface area contributed by atoms with Crippen LogP contribution >= 0.6 is 0 Å². The van der Waals surface area contributed by atoms with Gasteiger partial charge >= 0.3 is 0 Å². The minimum Gasteiger partial charge on any atom is -0.495 e. The molecule has 1 aliphatic rings. The molecule has 1 saturated carbocycles. The highest BCUT2D eigenvalue weighted by Crippen LogP contribution is 2.28. The first-order chi connectivity index (χ1) is 11.4. The van der Waals surface area contributed by atoms with E-state index in [0.717, 1.165) is 19.4 Å². The van der Waals surface area contributed by atoms with Crippen molar-refractivity contribution in [2.45, 2.75) is 43.7 Å². The third-order valence-corrected chi connectivity index (χ3v) is 5.28. The van der Waals surface area contributed by atoms with E-state index in [2.05, 4.69) is 15.4 Å². The van der Waals surface area contributed by atoms with Crippen LogP contribution in [0.1, 0.15) is 37.0 Å². The Morgan fingerprint density at radius 2 is 2.08 bits per heavy atom. The Labute approximate surface area is 143 Å². The number of nitrogens with one attached hydrogen (secondary N) is 3. The summed E-state index contributed by atoms with van der Waals surface area (Å²) in [4.78, 5) is 12.3. The molecule has 0 spiro atoms. The predicted octanol–water partition coefficient (Wildman–Crippen LogP) is 0.864. The third kappa shape index (κ3) is 4.93. The lowest BCUT2D eigenvalue weighted by atomic mass is 10.2. The first kappa shape index (κ1) is 18.7. The van der Waals surface area contributed by atoms with Gasteiger partial charge in [0.15, 0.2) is 0 Å². The number of hydrogen-bond donors (Lipinski definition) is 3. The topological polar surface area (TPSA) is 96.5 Å². The van der Waals surface area contributed by atoms with Gasteiger partial charge in [-0.2, -0.15) is 0 Å². The van der Waals surface area contributed by atoms with Crippen LogP contribution in [0.4, 0.5) is 0 Å².